The molecule has 0 aromatic carbocycles. The fourth-order valence-electron chi connectivity index (χ4n) is 3.20. The van der Waals surface area contributed by atoms with Crippen LogP contribution in [0, 0.1) is 0 Å². The minimum absolute atomic E-state index is 0.589. The lowest BCUT2D eigenvalue weighted by molar-refractivity contribution is -0.408. The van der Waals surface area contributed by atoms with E-state index in [0.29, 0.717) is 20.8 Å². The van der Waals surface area contributed by atoms with Crippen molar-refractivity contribution in [1.82, 2.24) is 0 Å². The molecule has 1 fully saturated rings. The number of nitrogens with zero attached hydrogens (tertiary/aromatic N) is 1. The maximum absolute atomic E-state index is 12.3. The lowest BCUT2D eigenvalue weighted by Gasteiger charge is -2.59. The van der Waals surface area contributed by atoms with E-state index in [0.717, 1.165) is 6.92 Å². The molecule has 0 radical (unpaired) electrons. The van der Waals surface area contributed by atoms with E-state index in [1.807, 2.05) is 0 Å². The van der Waals surface area contributed by atoms with Crippen LogP contribution in [-0.4, -0.2) is 88.7 Å². The maximum Gasteiger partial charge on any atom is 0.317 e. The van der Waals surface area contributed by atoms with Crippen molar-refractivity contribution < 1.29 is 49.4 Å². The molecular weight excluding hydrogens is 386 g/mol. The predicted molar refractivity (Wildman–Crippen MR) is 88.4 cm³/mol. The number of ketones is 4. The number of Topliss-reactive ketones (excluding diaryl/α,β-unsaturated/α-hetero) is 4. The van der Waals surface area contributed by atoms with Crippen LogP contribution in [0.2, 0.25) is 0 Å². The number of aliphatic hydroxyl groups is 5. The van der Waals surface area contributed by atoms with E-state index in [4.69, 9.17) is 4.74 Å². The third-order valence-corrected chi connectivity index (χ3v) is 4.80. The van der Waals surface area contributed by atoms with E-state index >= 15 is 0 Å². The van der Waals surface area contributed by atoms with Gasteiger partial charge in [-0.3, -0.25) is 19.2 Å². The minimum atomic E-state index is -3.79. The van der Waals surface area contributed by atoms with Crippen molar-refractivity contribution in [1.29, 1.82) is 0 Å². The summed E-state index contributed by atoms with van der Waals surface area (Å²) in [5.74, 6) is -9.26. The molecule has 150 valence electrons. The largest absolute Gasteiger partial charge is 0.382 e. The molecule has 0 bridgehead atoms. The number of carbonyl (C=O) groups excluding carboxylic acids is 4. The molecule has 2 unspecified atom stereocenters. The second-order valence-electron chi connectivity index (χ2n) is 6.26. The molecule has 1 aliphatic heterocycles. The van der Waals surface area contributed by atoms with Gasteiger partial charge in [0.1, 0.15) is 12.2 Å². The van der Waals surface area contributed by atoms with Crippen LogP contribution in [0.3, 0.4) is 0 Å². The van der Waals surface area contributed by atoms with E-state index in [2.05, 4.69) is 17.2 Å². The van der Waals surface area contributed by atoms with Crippen molar-refractivity contribution in [3.05, 3.63) is 0 Å². The first-order chi connectivity index (χ1) is 12.1. The van der Waals surface area contributed by atoms with Gasteiger partial charge in [-0.15, -0.1) is 0 Å². The van der Waals surface area contributed by atoms with Crippen LogP contribution in [0.4, 0.5) is 0 Å². The zero-order valence-corrected chi connectivity index (χ0v) is 15.6. The molecule has 0 saturated carbocycles. The summed E-state index contributed by atoms with van der Waals surface area (Å²) < 4.78 is 4.87. The van der Waals surface area contributed by atoms with Gasteiger partial charge in [0.2, 0.25) is 11.2 Å². The van der Waals surface area contributed by atoms with Gasteiger partial charge in [0.15, 0.2) is 28.7 Å². The number of ether oxygens (including phenoxy) is 1. The highest BCUT2D eigenvalue weighted by atomic mass is 32.1. The van der Waals surface area contributed by atoms with Gasteiger partial charge < -0.3 is 30.3 Å². The molecule has 1 heterocycles. The fraction of sp³-hybridized carbons (Fsp3) is 0.667. The molecule has 0 aromatic heterocycles. The topological polar surface area (TPSA) is 191 Å². The highest BCUT2D eigenvalue weighted by Gasteiger charge is 2.84. The summed E-state index contributed by atoms with van der Waals surface area (Å²) in [6.45, 7) is 2.65. The summed E-state index contributed by atoms with van der Waals surface area (Å²) in [5, 5.41) is 55.1. The van der Waals surface area contributed by atoms with E-state index in [1.165, 1.54) is 0 Å². The summed E-state index contributed by atoms with van der Waals surface area (Å²) in [5.41, 5.74) is -11.1. The lowest BCUT2D eigenvalue weighted by atomic mass is 9.59. The number of hydrogen-bond donors (Lipinski definition) is 5. The Morgan fingerprint density at radius 2 is 1.41 bits per heavy atom. The molecule has 11 nitrogen and oxygen atoms in total. The van der Waals surface area contributed by atoms with E-state index < -0.39 is 58.1 Å². The quantitative estimate of drug-likeness (QED) is 0.224. The first-order valence-corrected chi connectivity index (χ1v) is 7.88. The zero-order valence-electron chi connectivity index (χ0n) is 14.8. The Hall–Kier alpha value is -1.76. The molecule has 6 atom stereocenters. The van der Waals surface area contributed by atoms with Crippen molar-refractivity contribution >= 4 is 40.5 Å². The van der Waals surface area contributed by atoms with Crippen LogP contribution < -0.4 is 0 Å². The van der Waals surface area contributed by atoms with Gasteiger partial charge in [0, 0.05) is 0 Å². The molecule has 1 aliphatic rings. The highest BCUT2D eigenvalue weighted by Crippen LogP contribution is 2.51. The fourth-order valence-corrected chi connectivity index (χ4v) is 3.33. The SMILES string of the molecule is CC(=O)C(O)[C@H]1OC(O)(N=C=S)[C@@](O)(C(C)=O)[C@](O)(C(C)=O)[C@@]1(O)C(C)=O. The number of aliphatic hydroxyl groups excluding tert-OH is 1. The van der Waals surface area contributed by atoms with Crippen LogP contribution >= 0.6 is 12.2 Å². The summed E-state index contributed by atoms with van der Waals surface area (Å²) in [4.78, 5) is 51.3. The van der Waals surface area contributed by atoms with Gasteiger partial charge in [-0.25, -0.2) is 0 Å². The maximum atomic E-state index is 12.3. The van der Waals surface area contributed by atoms with Crippen LogP contribution in [0.25, 0.3) is 0 Å². The highest BCUT2D eigenvalue weighted by molar-refractivity contribution is 7.78. The van der Waals surface area contributed by atoms with Gasteiger partial charge in [0.05, 0.1) is 5.16 Å². The van der Waals surface area contributed by atoms with Crippen LogP contribution in [0.1, 0.15) is 27.7 Å². The van der Waals surface area contributed by atoms with Crippen LogP contribution in [0.5, 0.6) is 0 Å². The molecule has 5 N–H and O–H groups in total. The van der Waals surface area contributed by atoms with E-state index in [-0.39, 0.29) is 0 Å². The van der Waals surface area contributed by atoms with Gasteiger partial charge in [-0.2, -0.15) is 4.99 Å². The molecule has 27 heavy (non-hydrogen) atoms. The molecule has 1 saturated heterocycles. The number of carbonyl (C=O) groups is 4. The van der Waals surface area contributed by atoms with E-state index in [1.54, 1.807) is 5.16 Å². The Morgan fingerprint density at radius 3 is 1.70 bits per heavy atom. The molecule has 0 amide bonds. The van der Waals surface area contributed by atoms with E-state index in [9.17, 15) is 44.7 Å². The standard InChI is InChI=1S/C15H19NO10S/c1-6(17)10(21)11-12(22,7(2)18)13(23,8(3)19)14(24,9(4)20)15(25,26-11)16-5-27/h10-11,21-25H,1-4H3/t10?,11-,12-,13+,14-,15?/m1/s1. The lowest BCUT2D eigenvalue weighted by Crippen LogP contribution is -2.90. The monoisotopic (exact) mass is 405 g/mol. The van der Waals surface area contributed by atoms with Crippen molar-refractivity contribution in [3.8, 4) is 0 Å². The first-order valence-electron chi connectivity index (χ1n) is 7.47. The Morgan fingerprint density at radius 1 is 0.963 bits per heavy atom. The molecule has 0 aliphatic carbocycles. The van der Waals surface area contributed by atoms with Gasteiger partial charge in [-0.05, 0) is 39.9 Å². The second-order valence-corrected chi connectivity index (χ2v) is 6.44. The minimum Gasteiger partial charge on any atom is -0.382 e. The van der Waals surface area contributed by atoms with Gasteiger partial charge in [-0.1, -0.05) is 0 Å². The van der Waals surface area contributed by atoms with Crippen LogP contribution in [0.15, 0.2) is 4.99 Å². The Bertz CT molecular complexity index is 764. The average Bonchev–Trinajstić information content (AvgIpc) is 2.55. The zero-order chi connectivity index (χ0) is 21.6. The van der Waals surface area contributed by atoms with Crippen molar-refractivity contribution in [2.24, 2.45) is 4.99 Å². The molecule has 0 aromatic rings. The summed E-state index contributed by atoms with van der Waals surface area (Å²) in [6.07, 6.45) is -4.90. The Kier molecular flexibility index (Phi) is 6.04. The van der Waals surface area contributed by atoms with Crippen molar-refractivity contribution in [2.45, 2.75) is 62.6 Å². The van der Waals surface area contributed by atoms with Crippen molar-refractivity contribution in [3.63, 3.8) is 0 Å². The van der Waals surface area contributed by atoms with Crippen molar-refractivity contribution in [2.75, 3.05) is 0 Å². The third-order valence-electron chi connectivity index (χ3n) is 4.71. The molecule has 1 rings (SSSR count). The number of aliphatic imine (C=N–C) groups is 1. The Balaban J connectivity index is 4.14. The smallest absolute Gasteiger partial charge is 0.317 e. The van der Waals surface area contributed by atoms with Crippen LogP contribution in [-0.2, 0) is 23.9 Å². The summed E-state index contributed by atoms with van der Waals surface area (Å²) in [6, 6.07) is 0. The first kappa shape index (κ1) is 23.3. The summed E-state index contributed by atoms with van der Waals surface area (Å²) >= 11 is 4.29. The normalized spacial score (nSPS) is 39.8. The number of thiocarbonyl (C=S) groups is 1. The predicted octanol–water partition coefficient (Wildman–Crippen LogP) is -2.96. The molecule has 12 heteroatoms. The third kappa shape index (κ3) is 2.73. The number of isothiocyanates is 1. The number of hydrogen-bond acceptors (Lipinski definition) is 12. The number of rotatable bonds is 6. The molecular formula is C15H19NO10S. The second kappa shape index (κ2) is 7.00. The van der Waals surface area contributed by atoms with Gasteiger partial charge >= 0.3 is 5.91 Å². The van der Waals surface area contributed by atoms with Gasteiger partial charge in [0.25, 0.3) is 0 Å². The molecule has 0 spiro atoms. The Labute approximate surface area is 158 Å². The summed E-state index contributed by atoms with van der Waals surface area (Å²) in [7, 11) is 0. The average molecular weight is 405 g/mol.